The van der Waals surface area contributed by atoms with Crippen LogP contribution in [0.1, 0.15) is 17.3 Å². The van der Waals surface area contributed by atoms with Gasteiger partial charge in [-0.05, 0) is 38.2 Å². The van der Waals surface area contributed by atoms with Gasteiger partial charge in [-0.1, -0.05) is 0 Å². The van der Waals surface area contributed by atoms with Crippen molar-refractivity contribution in [3.8, 4) is 5.75 Å². The van der Waals surface area contributed by atoms with Crippen LogP contribution < -0.4 is 0 Å². The number of hydrogen-bond donors (Lipinski definition) is 2. The second kappa shape index (κ2) is 5.63. The van der Waals surface area contributed by atoms with E-state index >= 15 is 0 Å². The molecule has 0 radical (unpaired) electrons. The number of aromatic hydroxyl groups is 1. The summed E-state index contributed by atoms with van der Waals surface area (Å²) in [6, 6.07) is 6.12. The Hall–Kier alpha value is -1.39. The van der Waals surface area contributed by atoms with E-state index in [1.165, 1.54) is 12.1 Å². The molecule has 0 aliphatic heterocycles. The van der Waals surface area contributed by atoms with E-state index in [1.807, 2.05) is 6.92 Å². The van der Waals surface area contributed by atoms with Gasteiger partial charge in [0.1, 0.15) is 5.75 Å². The minimum atomic E-state index is -0.0407. The summed E-state index contributed by atoms with van der Waals surface area (Å²) in [4.78, 5) is 13.6. The number of aliphatic hydroxyl groups is 1. The molecule has 0 heterocycles. The summed E-state index contributed by atoms with van der Waals surface area (Å²) in [6.45, 7) is 2.13. The van der Waals surface area contributed by atoms with Gasteiger partial charge in [0.25, 0.3) is 0 Å². The van der Waals surface area contributed by atoms with Crippen LogP contribution in [0.2, 0.25) is 0 Å². The number of hydrogen-bond acceptors (Lipinski definition) is 4. The lowest BCUT2D eigenvalue weighted by Crippen LogP contribution is -2.36. The van der Waals surface area contributed by atoms with Gasteiger partial charge in [-0.3, -0.25) is 9.69 Å². The first-order valence-electron chi connectivity index (χ1n) is 5.18. The molecule has 1 aromatic carbocycles. The highest BCUT2D eigenvalue weighted by Crippen LogP contribution is 2.10. The monoisotopic (exact) mass is 223 g/mol. The number of aliphatic hydroxyl groups excluding tert-OH is 1. The summed E-state index contributed by atoms with van der Waals surface area (Å²) in [7, 11) is 1.79. The molecule has 0 saturated heterocycles. The van der Waals surface area contributed by atoms with Gasteiger partial charge in [-0.2, -0.15) is 0 Å². The Morgan fingerprint density at radius 3 is 2.44 bits per heavy atom. The average molecular weight is 223 g/mol. The smallest absolute Gasteiger partial charge is 0.176 e. The van der Waals surface area contributed by atoms with Crippen molar-refractivity contribution in [2.24, 2.45) is 0 Å². The molecular weight excluding hydrogens is 206 g/mol. The molecule has 0 bridgehead atoms. The second-order valence-electron chi connectivity index (χ2n) is 3.92. The minimum absolute atomic E-state index is 0.0252. The van der Waals surface area contributed by atoms with Crippen molar-refractivity contribution in [1.29, 1.82) is 0 Å². The van der Waals surface area contributed by atoms with Crippen molar-refractivity contribution in [2.45, 2.75) is 13.0 Å². The average Bonchev–Trinajstić information content (AvgIpc) is 2.28. The largest absolute Gasteiger partial charge is 0.508 e. The van der Waals surface area contributed by atoms with Crippen molar-refractivity contribution < 1.29 is 15.0 Å². The number of phenols is 1. The quantitative estimate of drug-likeness (QED) is 0.728. The van der Waals surface area contributed by atoms with E-state index < -0.39 is 0 Å². The van der Waals surface area contributed by atoms with Crippen LogP contribution in [0.15, 0.2) is 24.3 Å². The third-order valence-corrected chi connectivity index (χ3v) is 2.60. The van der Waals surface area contributed by atoms with Crippen LogP contribution >= 0.6 is 0 Å². The number of ketones is 1. The fraction of sp³-hybridized carbons (Fsp3) is 0.417. The summed E-state index contributed by atoms with van der Waals surface area (Å²) in [5.41, 5.74) is 0.565. The zero-order valence-electron chi connectivity index (χ0n) is 9.55. The number of carbonyl (C=O) groups is 1. The number of nitrogens with zero attached hydrogens (tertiary/aromatic N) is 1. The summed E-state index contributed by atoms with van der Waals surface area (Å²) in [5.74, 6) is 0.122. The predicted octanol–water partition coefficient (Wildman–Crippen LogP) is 0.887. The van der Waals surface area contributed by atoms with Crippen LogP contribution in [0.25, 0.3) is 0 Å². The highest BCUT2D eigenvalue weighted by atomic mass is 16.3. The third kappa shape index (κ3) is 3.32. The number of rotatable bonds is 5. The Morgan fingerprint density at radius 2 is 1.94 bits per heavy atom. The third-order valence-electron chi connectivity index (χ3n) is 2.60. The van der Waals surface area contributed by atoms with Gasteiger partial charge in [-0.15, -0.1) is 0 Å². The van der Waals surface area contributed by atoms with Gasteiger partial charge < -0.3 is 10.2 Å². The molecule has 2 N–H and O–H groups in total. The van der Waals surface area contributed by atoms with Gasteiger partial charge in [0.2, 0.25) is 0 Å². The molecule has 1 aromatic rings. The van der Waals surface area contributed by atoms with Crippen LogP contribution in [0, 0.1) is 0 Å². The van der Waals surface area contributed by atoms with E-state index in [4.69, 9.17) is 10.2 Å². The highest BCUT2D eigenvalue weighted by molar-refractivity contribution is 5.97. The number of likely N-dealkylation sites (N-methyl/N-ethyl adjacent to an activating group) is 1. The van der Waals surface area contributed by atoms with Gasteiger partial charge >= 0.3 is 0 Å². The van der Waals surface area contributed by atoms with Gasteiger partial charge in [0.05, 0.1) is 13.2 Å². The maximum atomic E-state index is 11.8. The maximum Gasteiger partial charge on any atom is 0.176 e. The molecule has 0 aliphatic rings. The van der Waals surface area contributed by atoms with Crippen molar-refractivity contribution in [3.05, 3.63) is 29.8 Å². The van der Waals surface area contributed by atoms with Crippen LogP contribution in [0.4, 0.5) is 0 Å². The molecule has 1 rings (SSSR count). The molecule has 0 fully saturated rings. The van der Waals surface area contributed by atoms with E-state index in [0.717, 1.165) is 0 Å². The Morgan fingerprint density at radius 1 is 1.38 bits per heavy atom. The molecule has 4 heteroatoms. The number of phenolic OH excluding ortho intramolecular Hbond substituents is 1. The normalized spacial score (nSPS) is 12.8. The first kappa shape index (κ1) is 12.7. The molecule has 0 saturated carbocycles. The zero-order valence-corrected chi connectivity index (χ0v) is 9.55. The summed E-state index contributed by atoms with van der Waals surface area (Å²) >= 11 is 0. The minimum Gasteiger partial charge on any atom is -0.508 e. The molecule has 1 atom stereocenters. The van der Waals surface area contributed by atoms with Gasteiger partial charge in [-0.25, -0.2) is 0 Å². The number of Topliss-reactive ketones (excluding diaryl/α,β-unsaturated/α-hetero) is 1. The van der Waals surface area contributed by atoms with Crippen molar-refractivity contribution >= 4 is 5.78 Å². The lowest BCUT2D eigenvalue weighted by Gasteiger charge is -2.21. The molecule has 4 nitrogen and oxygen atoms in total. The Kier molecular flexibility index (Phi) is 4.46. The predicted molar refractivity (Wildman–Crippen MR) is 61.6 cm³/mol. The summed E-state index contributed by atoms with van der Waals surface area (Å²) in [5, 5.41) is 18.0. The lowest BCUT2D eigenvalue weighted by molar-refractivity contribution is 0.0890. The topological polar surface area (TPSA) is 60.8 Å². The number of benzene rings is 1. The molecule has 1 unspecified atom stereocenters. The van der Waals surface area contributed by atoms with Gasteiger partial charge in [0.15, 0.2) is 5.78 Å². The maximum absolute atomic E-state index is 11.8. The fourth-order valence-corrected chi connectivity index (χ4v) is 1.26. The molecule has 88 valence electrons. The van der Waals surface area contributed by atoms with Crippen LogP contribution in [-0.2, 0) is 0 Å². The zero-order chi connectivity index (χ0) is 12.1. The fourth-order valence-electron chi connectivity index (χ4n) is 1.26. The molecule has 0 amide bonds. The first-order chi connectivity index (χ1) is 7.54. The molecule has 16 heavy (non-hydrogen) atoms. The van der Waals surface area contributed by atoms with Gasteiger partial charge in [0, 0.05) is 11.6 Å². The van der Waals surface area contributed by atoms with Crippen molar-refractivity contribution in [1.82, 2.24) is 4.90 Å². The summed E-state index contributed by atoms with van der Waals surface area (Å²) in [6.07, 6.45) is 0. The van der Waals surface area contributed by atoms with E-state index in [0.29, 0.717) is 5.56 Å². The SMILES string of the molecule is CC(CO)N(C)CC(=O)c1ccc(O)cc1. The Labute approximate surface area is 95.1 Å². The van der Waals surface area contributed by atoms with Crippen LogP contribution in [0.5, 0.6) is 5.75 Å². The van der Waals surface area contributed by atoms with Crippen LogP contribution in [0.3, 0.4) is 0 Å². The molecular formula is C12H17NO3. The van der Waals surface area contributed by atoms with E-state index in [9.17, 15) is 4.79 Å². The van der Waals surface area contributed by atoms with Crippen molar-refractivity contribution in [2.75, 3.05) is 20.2 Å². The van der Waals surface area contributed by atoms with Crippen molar-refractivity contribution in [3.63, 3.8) is 0 Å². The van der Waals surface area contributed by atoms with E-state index in [-0.39, 0.29) is 30.7 Å². The molecule has 0 aromatic heterocycles. The lowest BCUT2D eigenvalue weighted by atomic mass is 10.1. The summed E-state index contributed by atoms with van der Waals surface area (Å²) < 4.78 is 0. The molecule has 0 aliphatic carbocycles. The van der Waals surface area contributed by atoms with Crippen LogP contribution in [-0.4, -0.2) is 47.1 Å². The number of carbonyl (C=O) groups excluding carboxylic acids is 1. The standard InChI is InChI=1S/C12H17NO3/c1-9(8-14)13(2)7-12(16)10-3-5-11(15)6-4-10/h3-6,9,14-15H,7-8H2,1-2H3. The first-order valence-corrected chi connectivity index (χ1v) is 5.18. The second-order valence-corrected chi connectivity index (χ2v) is 3.92. The van der Waals surface area contributed by atoms with E-state index in [1.54, 1.807) is 24.1 Å². The van der Waals surface area contributed by atoms with E-state index in [2.05, 4.69) is 0 Å². The highest BCUT2D eigenvalue weighted by Gasteiger charge is 2.13. The Balaban J connectivity index is 2.62. The Bertz CT molecular complexity index is 348. The molecule has 0 spiro atoms.